The van der Waals surface area contributed by atoms with E-state index in [1.165, 1.54) is 22.2 Å². The number of hydrogen-bond acceptors (Lipinski definition) is 10. The van der Waals surface area contributed by atoms with Crippen molar-refractivity contribution in [2.24, 2.45) is 0 Å². The maximum absolute atomic E-state index is 6.83. The highest BCUT2D eigenvalue weighted by atomic mass is 35.5. The summed E-state index contributed by atoms with van der Waals surface area (Å²) in [5.74, 6) is 0.877. The van der Waals surface area contributed by atoms with E-state index in [4.69, 9.17) is 27.3 Å². The normalized spacial score (nSPS) is 15.3. The van der Waals surface area contributed by atoms with Gasteiger partial charge in [0.2, 0.25) is 0 Å². The lowest BCUT2D eigenvalue weighted by atomic mass is 10.1. The Morgan fingerprint density at radius 1 is 1.15 bits per heavy atom. The van der Waals surface area contributed by atoms with Gasteiger partial charge in [0.1, 0.15) is 11.3 Å². The summed E-state index contributed by atoms with van der Waals surface area (Å²) in [5, 5.41) is 2.07. The lowest BCUT2D eigenvalue weighted by Gasteiger charge is -2.29. The zero-order chi connectivity index (χ0) is 22.5. The van der Waals surface area contributed by atoms with Gasteiger partial charge in [-0.1, -0.05) is 18.5 Å². The highest BCUT2D eigenvalue weighted by molar-refractivity contribution is 7.99. The number of rotatable bonds is 4. The van der Waals surface area contributed by atoms with Crippen LogP contribution in [-0.2, 0) is 19.4 Å². The van der Waals surface area contributed by atoms with Crippen LogP contribution in [0.5, 0.6) is 0 Å². The van der Waals surface area contributed by atoms with Crippen LogP contribution in [0.2, 0.25) is 0 Å². The molecule has 0 saturated heterocycles. The van der Waals surface area contributed by atoms with Gasteiger partial charge in [0, 0.05) is 47.7 Å². The molecular weight excluding hydrogens is 476 g/mol. The Bertz CT molecular complexity index is 1430. The number of aromatic nitrogens is 6. The maximum atomic E-state index is 6.83. The third-order valence-electron chi connectivity index (χ3n) is 5.84. The lowest BCUT2D eigenvalue weighted by Crippen LogP contribution is -2.31. The summed E-state index contributed by atoms with van der Waals surface area (Å²) >= 11 is 9.85. The van der Waals surface area contributed by atoms with Gasteiger partial charge in [-0.2, -0.15) is 0 Å². The van der Waals surface area contributed by atoms with Gasteiger partial charge >= 0.3 is 0 Å². The van der Waals surface area contributed by atoms with E-state index in [1.807, 2.05) is 6.07 Å². The van der Waals surface area contributed by atoms with Crippen LogP contribution in [0.25, 0.3) is 16.2 Å². The molecule has 6 rings (SSSR count). The minimum absolute atomic E-state index is 0.615. The second-order valence-electron chi connectivity index (χ2n) is 7.87. The first-order valence-electron chi connectivity index (χ1n) is 10.6. The Kier molecular flexibility index (Phi) is 5.16. The van der Waals surface area contributed by atoms with Crippen LogP contribution in [0.1, 0.15) is 35.2 Å². The Labute approximate surface area is 203 Å². The maximum Gasteiger partial charge on any atom is 0.194 e. The Morgan fingerprint density at radius 3 is 2.91 bits per heavy atom. The van der Waals surface area contributed by atoms with Crippen molar-refractivity contribution in [2.45, 2.75) is 42.8 Å². The molecule has 2 aliphatic rings. The molecule has 33 heavy (non-hydrogen) atoms. The smallest absolute Gasteiger partial charge is 0.194 e. The van der Waals surface area contributed by atoms with Crippen LogP contribution in [0.3, 0.4) is 0 Å². The largest absolute Gasteiger partial charge is 0.375 e. The molecule has 0 unspecified atom stereocenters. The molecule has 0 fully saturated rings. The quantitative estimate of drug-likeness (QED) is 0.410. The molecule has 0 atom stereocenters. The highest BCUT2D eigenvalue weighted by Crippen LogP contribution is 2.43. The van der Waals surface area contributed by atoms with E-state index in [0.717, 1.165) is 70.6 Å². The molecule has 0 saturated carbocycles. The summed E-state index contributed by atoms with van der Waals surface area (Å²) in [7, 11) is 0. The molecule has 1 aliphatic carbocycles. The van der Waals surface area contributed by atoms with Crippen LogP contribution in [0.15, 0.2) is 40.3 Å². The summed E-state index contributed by atoms with van der Waals surface area (Å²) in [6, 6.07) is 1.96. The number of fused-ring (bicyclic) bond motifs is 3. The number of nitrogen functional groups attached to an aromatic ring is 1. The zero-order valence-electron chi connectivity index (χ0n) is 17.7. The average molecular weight is 495 g/mol. The topological polar surface area (TPSA) is 107 Å². The standard InChI is InChI=1S/C22H19ClN8S2/c1-2-11-7-14-17(18(11)23)20(31-6-3-13-16(10-31)33-21(24)28-13)30-22(29-14)32-12-8-15-19(27-9-12)26-5-4-25-15/h4-5,8-9H,2-3,6-7,10H2,1H3,(H2,24,28). The van der Waals surface area contributed by atoms with E-state index >= 15 is 0 Å². The molecule has 0 spiro atoms. The van der Waals surface area contributed by atoms with Gasteiger partial charge in [-0.05, 0) is 29.8 Å². The first-order valence-corrected chi connectivity index (χ1v) is 12.6. The molecule has 5 heterocycles. The number of anilines is 2. The molecule has 2 N–H and O–H groups in total. The van der Waals surface area contributed by atoms with Crippen molar-refractivity contribution < 1.29 is 0 Å². The minimum Gasteiger partial charge on any atom is -0.375 e. The van der Waals surface area contributed by atoms with Crippen molar-refractivity contribution >= 4 is 61.8 Å². The monoisotopic (exact) mass is 494 g/mol. The van der Waals surface area contributed by atoms with E-state index < -0.39 is 0 Å². The van der Waals surface area contributed by atoms with E-state index in [-0.39, 0.29) is 0 Å². The molecule has 4 aromatic rings. The Morgan fingerprint density at radius 2 is 2.03 bits per heavy atom. The van der Waals surface area contributed by atoms with Gasteiger partial charge < -0.3 is 10.6 Å². The van der Waals surface area contributed by atoms with Crippen molar-refractivity contribution in [1.82, 2.24) is 29.9 Å². The molecule has 0 bridgehead atoms. The first-order chi connectivity index (χ1) is 16.1. The molecule has 1 aliphatic heterocycles. The summed E-state index contributed by atoms with van der Waals surface area (Å²) in [5.41, 5.74) is 11.5. The van der Waals surface area contributed by atoms with Crippen LogP contribution in [0, 0.1) is 0 Å². The third kappa shape index (κ3) is 3.71. The summed E-state index contributed by atoms with van der Waals surface area (Å²) < 4.78 is 0. The molecule has 8 nitrogen and oxygen atoms in total. The summed E-state index contributed by atoms with van der Waals surface area (Å²) in [6.07, 6.45) is 7.56. The number of thiazole rings is 1. The van der Waals surface area contributed by atoms with Gasteiger partial charge in [0.05, 0.1) is 28.5 Å². The van der Waals surface area contributed by atoms with Crippen molar-refractivity contribution in [3.05, 3.63) is 52.1 Å². The van der Waals surface area contributed by atoms with Crippen LogP contribution in [0.4, 0.5) is 10.9 Å². The second-order valence-corrected chi connectivity index (χ2v) is 10.4. The zero-order valence-corrected chi connectivity index (χ0v) is 20.1. The van der Waals surface area contributed by atoms with E-state index in [9.17, 15) is 0 Å². The van der Waals surface area contributed by atoms with Gasteiger partial charge in [-0.25, -0.2) is 24.9 Å². The van der Waals surface area contributed by atoms with E-state index in [1.54, 1.807) is 29.9 Å². The third-order valence-corrected chi connectivity index (χ3v) is 8.03. The number of pyridine rings is 1. The fourth-order valence-corrected chi connectivity index (χ4v) is 6.30. The number of allylic oxidation sites excluding steroid dienone is 1. The van der Waals surface area contributed by atoms with Crippen molar-refractivity contribution in [1.29, 1.82) is 0 Å². The van der Waals surface area contributed by atoms with Gasteiger partial charge in [0.25, 0.3) is 0 Å². The molecule has 0 amide bonds. The van der Waals surface area contributed by atoms with Crippen molar-refractivity contribution in [3.8, 4) is 0 Å². The predicted molar refractivity (Wildman–Crippen MR) is 132 cm³/mol. The summed E-state index contributed by atoms with van der Waals surface area (Å²) in [6.45, 7) is 3.65. The molecule has 4 aromatic heterocycles. The second kappa shape index (κ2) is 8.19. The minimum atomic E-state index is 0.615. The molecule has 11 heteroatoms. The van der Waals surface area contributed by atoms with Gasteiger partial charge in [-0.3, -0.25) is 4.98 Å². The predicted octanol–water partition coefficient (Wildman–Crippen LogP) is 4.48. The first kappa shape index (κ1) is 20.8. The van der Waals surface area contributed by atoms with Crippen LogP contribution >= 0.6 is 34.7 Å². The molecular formula is C22H19ClN8S2. The summed E-state index contributed by atoms with van der Waals surface area (Å²) in [4.78, 5) is 31.7. The molecule has 166 valence electrons. The molecule has 0 radical (unpaired) electrons. The van der Waals surface area contributed by atoms with Crippen LogP contribution < -0.4 is 10.6 Å². The van der Waals surface area contributed by atoms with Crippen molar-refractivity contribution in [2.75, 3.05) is 17.2 Å². The van der Waals surface area contributed by atoms with Gasteiger partial charge in [-0.15, -0.1) is 11.3 Å². The van der Waals surface area contributed by atoms with E-state index in [2.05, 4.69) is 31.8 Å². The lowest BCUT2D eigenvalue weighted by molar-refractivity contribution is 0.707. The average Bonchev–Trinajstić information content (AvgIpc) is 3.36. The number of nitrogens with two attached hydrogens (primary N) is 1. The number of hydrogen-bond donors (Lipinski definition) is 1. The fraction of sp³-hybridized carbons (Fsp3) is 0.273. The molecule has 0 aromatic carbocycles. The fourth-order valence-electron chi connectivity index (χ4n) is 4.23. The van der Waals surface area contributed by atoms with Gasteiger partial charge in [0.15, 0.2) is 15.9 Å². The SMILES string of the molecule is CCC1=C(Cl)c2c(nc(Sc3cnc4nccnc4c3)nc2N2CCc3nc(N)sc3C2)C1. The van der Waals surface area contributed by atoms with E-state index in [0.29, 0.717) is 15.9 Å². The Hall–Kier alpha value is -2.82. The number of halogens is 1. The van der Waals surface area contributed by atoms with Crippen molar-refractivity contribution in [3.63, 3.8) is 0 Å². The Balaban J connectivity index is 1.40. The number of nitrogens with zero attached hydrogens (tertiary/aromatic N) is 7. The highest BCUT2D eigenvalue weighted by Gasteiger charge is 2.31. The van der Waals surface area contributed by atoms with Crippen LogP contribution in [-0.4, -0.2) is 36.4 Å².